The molecule has 0 saturated carbocycles. The first-order valence-electron chi connectivity index (χ1n) is 10.2. The molecule has 0 spiro atoms. The van der Waals surface area contributed by atoms with E-state index in [1.54, 1.807) is 19.9 Å². The van der Waals surface area contributed by atoms with Crippen molar-refractivity contribution in [3.8, 4) is 0 Å². The van der Waals surface area contributed by atoms with Crippen LogP contribution in [0.2, 0.25) is 0 Å². The van der Waals surface area contributed by atoms with Crippen molar-refractivity contribution in [3.63, 3.8) is 0 Å². The van der Waals surface area contributed by atoms with Crippen LogP contribution in [0.15, 0.2) is 51.7 Å². The lowest BCUT2D eigenvalue weighted by Gasteiger charge is -2.41. The lowest BCUT2D eigenvalue weighted by atomic mass is 9.88. The van der Waals surface area contributed by atoms with Crippen molar-refractivity contribution in [2.45, 2.75) is 51.3 Å². The number of halogens is 1. The van der Waals surface area contributed by atoms with Crippen molar-refractivity contribution in [1.29, 1.82) is 0 Å². The molecule has 2 N–H and O–H groups in total. The van der Waals surface area contributed by atoms with Crippen molar-refractivity contribution in [3.05, 3.63) is 46.7 Å². The Kier molecular flexibility index (Phi) is 6.64. The molecule has 168 valence electrons. The maximum absolute atomic E-state index is 13.3. The second-order valence-electron chi connectivity index (χ2n) is 7.87. The molecular weight excluding hydrogens is 407 g/mol. The van der Waals surface area contributed by atoms with Gasteiger partial charge < -0.3 is 24.6 Å². The van der Waals surface area contributed by atoms with Crippen molar-refractivity contribution in [2.24, 2.45) is 4.99 Å². The number of aliphatic imine (C=N–C) groups is 1. The Labute approximate surface area is 180 Å². The van der Waals surface area contributed by atoms with Gasteiger partial charge in [-0.05, 0) is 39.7 Å². The third-order valence-corrected chi connectivity index (χ3v) is 5.28. The van der Waals surface area contributed by atoms with Crippen LogP contribution in [-0.2, 0) is 19.1 Å². The van der Waals surface area contributed by atoms with Gasteiger partial charge in [0.2, 0.25) is 0 Å². The average molecular weight is 434 g/mol. The second kappa shape index (κ2) is 9.05. The minimum absolute atomic E-state index is 0.0394. The summed E-state index contributed by atoms with van der Waals surface area (Å²) in [6, 6.07) is -1.74. The Balaban J connectivity index is 1.99. The van der Waals surface area contributed by atoms with Crippen LogP contribution in [0.25, 0.3) is 0 Å². The maximum Gasteiger partial charge on any atom is 0.347 e. The minimum Gasteiger partial charge on any atom is -0.509 e. The zero-order valence-electron chi connectivity index (χ0n) is 17.8. The third-order valence-electron chi connectivity index (χ3n) is 5.28. The summed E-state index contributed by atoms with van der Waals surface area (Å²) in [7, 11) is 0. The summed E-state index contributed by atoms with van der Waals surface area (Å²) in [4.78, 5) is 31.2. The van der Waals surface area contributed by atoms with E-state index in [9.17, 15) is 24.2 Å². The molecule has 0 bridgehead atoms. The van der Waals surface area contributed by atoms with Gasteiger partial charge in [-0.25, -0.2) is 9.18 Å². The fourth-order valence-corrected chi connectivity index (χ4v) is 3.82. The SMILES string of the molecule is C/C=C(F)\C=C/CCC1=C2OCC(C)(O)CN3C(=O)C(C(=O)OCC)=C(O)C(N=C1)C23. The summed E-state index contributed by atoms with van der Waals surface area (Å²) >= 11 is 0. The molecule has 0 radical (unpaired) electrons. The van der Waals surface area contributed by atoms with Gasteiger partial charge in [0.15, 0.2) is 5.57 Å². The Hall–Kier alpha value is -2.94. The second-order valence-corrected chi connectivity index (χ2v) is 7.87. The Bertz CT molecular complexity index is 915. The molecule has 3 heterocycles. The smallest absolute Gasteiger partial charge is 0.347 e. The summed E-state index contributed by atoms with van der Waals surface area (Å²) in [5, 5.41) is 21.4. The largest absolute Gasteiger partial charge is 0.509 e. The number of carbonyl (C=O) groups excluding carboxylic acids is 2. The Morgan fingerprint density at radius 1 is 1.52 bits per heavy atom. The number of ether oxygens (including phenoxy) is 2. The highest BCUT2D eigenvalue weighted by Crippen LogP contribution is 2.38. The number of allylic oxidation sites excluding steroid dienone is 5. The number of dihydropyridines is 1. The van der Waals surface area contributed by atoms with Gasteiger partial charge in [0.25, 0.3) is 5.91 Å². The summed E-state index contributed by atoms with van der Waals surface area (Å²) in [5.41, 5.74) is -1.18. The van der Waals surface area contributed by atoms with E-state index in [0.29, 0.717) is 24.2 Å². The van der Waals surface area contributed by atoms with Crippen LogP contribution in [0.4, 0.5) is 4.39 Å². The molecule has 8 nitrogen and oxygen atoms in total. The predicted octanol–water partition coefficient (Wildman–Crippen LogP) is 2.27. The normalized spacial score (nSPS) is 28.6. The van der Waals surface area contributed by atoms with E-state index in [1.807, 2.05) is 0 Å². The highest BCUT2D eigenvalue weighted by molar-refractivity contribution is 6.17. The molecule has 0 aromatic rings. The van der Waals surface area contributed by atoms with Crippen LogP contribution >= 0.6 is 0 Å². The van der Waals surface area contributed by atoms with Crippen LogP contribution in [0.1, 0.15) is 33.6 Å². The number of aliphatic hydroxyl groups excluding tert-OH is 1. The molecule has 0 aliphatic carbocycles. The van der Waals surface area contributed by atoms with Gasteiger partial charge in [0.1, 0.15) is 41.6 Å². The zero-order chi connectivity index (χ0) is 22.8. The average Bonchev–Trinajstić information content (AvgIpc) is 2.87. The topological polar surface area (TPSA) is 109 Å². The van der Waals surface area contributed by atoms with Gasteiger partial charge in [0, 0.05) is 11.8 Å². The predicted molar refractivity (Wildman–Crippen MR) is 111 cm³/mol. The first-order chi connectivity index (χ1) is 14.7. The fraction of sp³-hybridized carbons (Fsp3) is 0.500. The van der Waals surface area contributed by atoms with Crippen molar-refractivity contribution < 1.29 is 33.7 Å². The summed E-state index contributed by atoms with van der Waals surface area (Å²) in [5.74, 6) is -2.09. The number of carbonyl (C=O) groups is 2. The number of esters is 1. The molecule has 1 fully saturated rings. The van der Waals surface area contributed by atoms with Crippen LogP contribution in [0.3, 0.4) is 0 Å². The number of hydrogen-bond donors (Lipinski definition) is 2. The number of rotatable bonds is 6. The molecule has 3 unspecified atom stereocenters. The highest BCUT2D eigenvalue weighted by atomic mass is 19.1. The molecule has 3 aliphatic rings. The van der Waals surface area contributed by atoms with Gasteiger partial charge in [0.05, 0.1) is 13.2 Å². The molecule has 3 aliphatic heterocycles. The van der Waals surface area contributed by atoms with E-state index in [0.717, 1.165) is 0 Å². The van der Waals surface area contributed by atoms with Gasteiger partial charge in [-0.15, -0.1) is 0 Å². The molecule has 0 aromatic heterocycles. The fourth-order valence-electron chi connectivity index (χ4n) is 3.82. The summed E-state index contributed by atoms with van der Waals surface area (Å²) < 4.78 is 24.1. The Morgan fingerprint density at radius 3 is 2.94 bits per heavy atom. The molecule has 1 saturated heterocycles. The summed E-state index contributed by atoms with van der Waals surface area (Å²) in [6.45, 7) is 4.57. The van der Waals surface area contributed by atoms with Gasteiger partial charge in [-0.1, -0.05) is 12.2 Å². The molecule has 31 heavy (non-hydrogen) atoms. The van der Waals surface area contributed by atoms with Crippen LogP contribution < -0.4 is 0 Å². The third kappa shape index (κ3) is 4.56. The highest BCUT2D eigenvalue weighted by Gasteiger charge is 2.52. The van der Waals surface area contributed by atoms with Crippen LogP contribution in [-0.4, -0.2) is 70.6 Å². The number of hydrogen-bond acceptors (Lipinski definition) is 7. The van der Waals surface area contributed by atoms with E-state index >= 15 is 0 Å². The van der Waals surface area contributed by atoms with Crippen molar-refractivity contribution >= 4 is 18.1 Å². The monoisotopic (exact) mass is 434 g/mol. The molecular formula is C22H27FN2O6. The summed E-state index contributed by atoms with van der Waals surface area (Å²) in [6.07, 6.45) is 6.87. The van der Waals surface area contributed by atoms with Crippen LogP contribution in [0.5, 0.6) is 0 Å². The lowest BCUT2D eigenvalue weighted by molar-refractivity contribution is -0.145. The minimum atomic E-state index is -1.38. The van der Waals surface area contributed by atoms with E-state index in [2.05, 4.69) is 4.99 Å². The molecule has 9 heteroatoms. The Morgan fingerprint density at radius 2 is 2.26 bits per heavy atom. The zero-order valence-corrected chi connectivity index (χ0v) is 17.8. The number of aliphatic hydroxyl groups is 2. The number of nitrogens with zero attached hydrogens (tertiary/aromatic N) is 2. The standard InChI is InChI=1S/C22H27FN2O6/c1-4-14(23)9-7-6-8-13-10-24-16-17-19(13)31-12-22(3,29)11-25(17)20(27)15(18(16)26)21(28)30-5-2/h4,7,9-10,16-17,26,29H,5-6,8,11-12H2,1-3H3/b9-7-,14-4+. The van der Waals surface area contributed by atoms with Gasteiger partial charge in [-0.2, -0.15) is 0 Å². The van der Waals surface area contributed by atoms with Gasteiger partial charge >= 0.3 is 5.97 Å². The molecule has 0 aromatic carbocycles. The quantitative estimate of drug-likeness (QED) is 0.377. The first-order valence-corrected chi connectivity index (χ1v) is 10.2. The lowest BCUT2D eigenvalue weighted by Crippen LogP contribution is -2.57. The van der Waals surface area contributed by atoms with E-state index in [1.165, 1.54) is 30.2 Å². The molecule has 3 rings (SSSR count). The van der Waals surface area contributed by atoms with E-state index in [-0.39, 0.29) is 25.6 Å². The van der Waals surface area contributed by atoms with E-state index < -0.39 is 40.9 Å². The number of amides is 1. The first kappa shape index (κ1) is 22.7. The maximum atomic E-state index is 13.3. The van der Waals surface area contributed by atoms with E-state index in [4.69, 9.17) is 9.47 Å². The van der Waals surface area contributed by atoms with Crippen molar-refractivity contribution in [2.75, 3.05) is 19.8 Å². The molecule has 3 atom stereocenters. The van der Waals surface area contributed by atoms with Crippen molar-refractivity contribution in [1.82, 2.24) is 4.90 Å². The van der Waals surface area contributed by atoms with Crippen LogP contribution in [0, 0.1) is 0 Å². The van der Waals surface area contributed by atoms with Gasteiger partial charge in [-0.3, -0.25) is 9.79 Å². The molecule has 1 amide bonds.